The molecule has 0 aliphatic carbocycles. The third kappa shape index (κ3) is 3.05. The highest BCUT2D eigenvalue weighted by Crippen LogP contribution is 2.42. The molecule has 3 aliphatic rings. The maximum atomic E-state index is 13.5. The number of thiophene rings is 1. The van der Waals surface area contributed by atoms with E-state index in [2.05, 4.69) is 24.1 Å². The number of nitrogens with one attached hydrogen (secondary N) is 1. The van der Waals surface area contributed by atoms with E-state index in [-0.39, 0.29) is 27.8 Å². The minimum absolute atomic E-state index is 0.0153. The third-order valence-corrected chi connectivity index (χ3v) is 7.44. The SMILES string of the molecule is Cc1ccc2cc(C(=O)N[C@H]3C4CCN(CC4)C3(C)C)sc2c1C(F)(F)F. The fraction of sp³-hybridized carbons (Fsp3) is 0.550. The lowest BCUT2D eigenvalue weighted by Gasteiger charge is -2.56. The summed E-state index contributed by atoms with van der Waals surface area (Å²) >= 11 is 0.936. The zero-order chi connectivity index (χ0) is 19.6. The number of rotatable bonds is 2. The number of fused-ring (bicyclic) bond motifs is 4. The van der Waals surface area contributed by atoms with E-state index in [0.717, 1.165) is 37.3 Å². The predicted octanol–water partition coefficient (Wildman–Crippen LogP) is 4.83. The zero-order valence-electron chi connectivity index (χ0n) is 15.6. The molecule has 1 aromatic carbocycles. The molecular formula is C20H23F3N2OS. The normalized spacial score (nSPS) is 27.1. The fourth-order valence-corrected chi connectivity index (χ4v) is 5.94. The first-order valence-electron chi connectivity index (χ1n) is 9.25. The summed E-state index contributed by atoms with van der Waals surface area (Å²) in [6, 6.07) is 4.72. The molecule has 27 heavy (non-hydrogen) atoms. The Morgan fingerprint density at radius 1 is 1.26 bits per heavy atom. The maximum absolute atomic E-state index is 13.5. The first kappa shape index (κ1) is 18.7. The van der Waals surface area contributed by atoms with Crippen LogP contribution in [0.3, 0.4) is 0 Å². The Hall–Kier alpha value is -1.60. The summed E-state index contributed by atoms with van der Waals surface area (Å²) in [6.45, 7) is 7.82. The van der Waals surface area contributed by atoms with Crippen LogP contribution in [0.5, 0.6) is 0 Å². The number of aryl methyl sites for hydroxylation is 1. The van der Waals surface area contributed by atoms with Gasteiger partial charge in [0.2, 0.25) is 0 Å². The smallest absolute Gasteiger partial charge is 0.346 e. The van der Waals surface area contributed by atoms with Crippen LogP contribution in [0.1, 0.15) is 47.5 Å². The Bertz CT molecular complexity index is 894. The number of nitrogens with zero attached hydrogens (tertiary/aromatic N) is 1. The summed E-state index contributed by atoms with van der Waals surface area (Å²) in [5, 5.41) is 3.61. The molecule has 0 radical (unpaired) electrons. The van der Waals surface area contributed by atoms with E-state index in [4.69, 9.17) is 0 Å². The molecule has 5 rings (SSSR count). The van der Waals surface area contributed by atoms with Gasteiger partial charge in [-0.15, -0.1) is 11.3 Å². The van der Waals surface area contributed by atoms with Gasteiger partial charge in [-0.2, -0.15) is 13.2 Å². The van der Waals surface area contributed by atoms with Crippen LogP contribution in [0, 0.1) is 12.8 Å². The van der Waals surface area contributed by atoms with Gasteiger partial charge in [-0.1, -0.05) is 12.1 Å². The fourth-order valence-electron chi connectivity index (χ4n) is 4.76. The Morgan fingerprint density at radius 3 is 2.52 bits per heavy atom. The van der Waals surface area contributed by atoms with Crippen molar-refractivity contribution in [1.29, 1.82) is 0 Å². The van der Waals surface area contributed by atoms with Crippen molar-refractivity contribution in [2.24, 2.45) is 5.92 Å². The monoisotopic (exact) mass is 396 g/mol. The second-order valence-electron chi connectivity index (χ2n) is 8.21. The zero-order valence-corrected chi connectivity index (χ0v) is 16.4. The molecule has 1 amide bonds. The van der Waals surface area contributed by atoms with E-state index in [1.54, 1.807) is 12.1 Å². The quantitative estimate of drug-likeness (QED) is 0.789. The molecule has 2 bridgehead atoms. The summed E-state index contributed by atoms with van der Waals surface area (Å²) in [5.74, 6) is 0.158. The average molecular weight is 396 g/mol. The molecule has 1 N–H and O–H groups in total. The Kier molecular flexibility index (Phi) is 4.31. The van der Waals surface area contributed by atoms with Gasteiger partial charge >= 0.3 is 6.18 Å². The highest BCUT2D eigenvalue weighted by Gasteiger charge is 2.48. The van der Waals surface area contributed by atoms with Crippen molar-refractivity contribution in [3.05, 3.63) is 34.2 Å². The Balaban J connectivity index is 1.66. The van der Waals surface area contributed by atoms with Gasteiger partial charge in [0.15, 0.2) is 0 Å². The highest BCUT2D eigenvalue weighted by molar-refractivity contribution is 7.21. The summed E-state index contributed by atoms with van der Waals surface area (Å²) < 4.78 is 40.5. The van der Waals surface area contributed by atoms with Crippen LogP contribution in [-0.4, -0.2) is 35.5 Å². The average Bonchev–Trinajstić information content (AvgIpc) is 3.01. The number of hydrogen-bond donors (Lipinski definition) is 1. The molecule has 146 valence electrons. The van der Waals surface area contributed by atoms with E-state index in [1.165, 1.54) is 13.0 Å². The van der Waals surface area contributed by atoms with Crippen LogP contribution in [0.15, 0.2) is 18.2 Å². The largest absolute Gasteiger partial charge is 0.418 e. The highest BCUT2D eigenvalue weighted by atomic mass is 32.1. The third-order valence-electron chi connectivity index (χ3n) is 6.28. The summed E-state index contributed by atoms with van der Waals surface area (Å²) in [7, 11) is 0. The minimum atomic E-state index is -4.43. The number of piperidine rings is 3. The first-order valence-corrected chi connectivity index (χ1v) is 10.1. The van der Waals surface area contributed by atoms with E-state index >= 15 is 0 Å². The number of hydrogen-bond acceptors (Lipinski definition) is 3. The number of alkyl halides is 3. The maximum Gasteiger partial charge on any atom is 0.418 e. The lowest BCUT2D eigenvalue weighted by molar-refractivity contribution is -0.136. The molecule has 1 aromatic heterocycles. The first-order chi connectivity index (χ1) is 12.6. The lowest BCUT2D eigenvalue weighted by Crippen LogP contribution is -2.69. The molecule has 4 heterocycles. The molecule has 3 aliphatic heterocycles. The van der Waals surface area contributed by atoms with Crippen molar-refractivity contribution in [3.8, 4) is 0 Å². The van der Waals surface area contributed by atoms with Crippen molar-refractivity contribution >= 4 is 27.3 Å². The number of halogens is 3. The minimum Gasteiger partial charge on any atom is -0.346 e. The molecule has 3 nitrogen and oxygen atoms in total. The van der Waals surface area contributed by atoms with Crippen LogP contribution in [0.25, 0.3) is 10.1 Å². The molecule has 0 saturated carbocycles. The van der Waals surface area contributed by atoms with Crippen LogP contribution < -0.4 is 5.32 Å². The van der Waals surface area contributed by atoms with Crippen molar-refractivity contribution < 1.29 is 18.0 Å². The van der Waals surface area contributed by atoms with E-state index in [1.807, 2.05) is 0 Å². The number of benzene rings is 1. The predicted molar refractivity (Wildman–Crippen MR) is 101 cm³/mol. The van der Waals surface area contributed by atoms with Crippen LogP contribution in [-0.2, 0) is 6.18 Å². The topological polar surface area (TPSA) is 32.3 Å². The van der Waals surface area contributed by atoms with Gasteiger partial charge in [-0.25, -0.2) is 0 Å². The van der Waals surface area contributed by atoms with Crippen molar-refractivity contribution in [3.63, 3.8) is 0 Å². The van der Waals surface area contributed by atoms with Gasteiger partial charge in [-0.3, -0.25) is 9.69 Å². The van der Waals surface area contributed by atoms with Crippen molar-refractivity contribution in [2.75, 3.05) is 13.1 Å². The van der Waals surface area contributed by atoms with Gasteiger partial charge in [0, 0.05) is 16.3 Å². The van der Waals surface area contributed by atoms with Crippen molar-refractivity contribution in [1.82, 2.24) is 10.2 Å². The Labute approximate surface area is 160 Å². The van der Waals surface area contributed by atoms with Gasteiger partial charge in [0.05, 0.1) is 10.4 Å². The number of carbonyl (C=O) groups is 1. The molecule has 0 unspecified atom stereocenters. The molecule has 0 spiro atoms. The van der Waals surface area contributed by atoms with Crippen LogP contribution in [0.2, 0.25) is 0 Å². The second kappa shape index (κ2) is 6.21. The summed E-state index contributed by atoms with van der Waals surface area (Å²) in [6.07, 6.45) is -2.32. The van der Waals surface area contributed by atoms with E-state index < -0.39 is 11.7 Å². The van der Waals surface area contributed by atoms with Gasteiger partial charge in [-0.05, 0) is 69.6 Å². The molecular weight excluding hydrogens is 373 g/mol. The summed E-state index contributed by atoms with van der Waals surface area (Å²) in [4.78, 5) is 15.6. The van der Waals surface area contributed by atoms with Crippen LogP contribution >= 0.6 is 11.3 Å². The molecule has 7 heteroatoms. The Morgan fingerprint density at radius 2 is 1.93 bits per heavy atom. The summed E-state index contributed by atoms with van der Waals surface area (Å²) in [5.41, 5.74) is -0.587. The molecule has 1 atom stereocenters. The van der Waals surface area contributed by atoms with Crippen LogP contribution in [0.4, 0.5) is 13.2 Å². The van der Waals surface area contributed by atoms with E-state index in [9.17, 15) is 18.0 Å². The number of carbonyl (C=O) groups excluding carboxylic acids is 1. The standard InChI is InChI=1S/C20H23F3N2OS/c1-11-4-5-13-10-14(27-16(13)15(11)20(21,22)23)18(26)24-17-12-6-8-25(9-7-12)19(17,2)3/h4-5,10,12,17H,6-9H2,1-3H3,(H,24,26)/t17-/m0/s1. The van der Waals surface area contributed by atoms with Gasteiger partial charge in [0.1, 0.15) is 0 Å². The van der Waals surface area contributed by atoms with Gasteiger partial charge in [0.25, 0.3) is 5.91 Å². The van der Waals surface area contributed by atoms with Gasteiger partial charge < -0.3 is 5.32 Å². The molecule has 2 aromatic rings. The number of amides is 1. The molecule has 3 saturated heterocycles. The van der Waals surface area contributed by atoms with E-state index in [0.29, 0.717) is 16.2 Å². The second-order valence-corrected chi connectivity index (χ2v) is 9.27. The molecule has 3 fully saturated rings. The van der Waals surface area contributed by atoms with Crippen molar-refractivity contribution in [2.45, 2.75) is 51.4 Å². The lowest BCUT2D eigenvalue weighted by atomic mass is 9.72.